The molecule has 234 valence electrons. The fraction of sp³-hybridized carbons (Fsp3) is 0.0870. The zero-order chi connectivity index (χ0) is 32.7. The van der Waals surface area contributed by atoms with Crippen LogP contribution in [0.25, 0.3) is 86.5 Å². The van der Waals surface area contributed by atoms with Crippen molar-refractivity contribution in [2.75, 3.05) is 0 Å². The first-order valence-electron chi connectivity index (χ1n) is 17.6. The number of thiophene rings is 1. The number of rotatable bonds is 0. The highest BCUT2D eigenvalue weighted by atomic mass is 32.1. The lowest BCUT2D eigenvalue weighted by Crippen LogP contribution is -2.53. The lowest BCUT2D eigenvalue weighted by Gasteiger charge is -2.29. The number of pyridine rings is 2. The normalized spacial score (nSPS) is 17.1. The highest BCUT2D eigenvalue weighted by molar-refractivity contribution is 7.26. The molecule has 0 bridgehead atoms. The minimum atomic E-state index is 0.100. The highest BCUT2D eigenvalue weighted by Gasteiger charge is 2.46. The first-order chi connectivity index (χ1) is 24.7. The highest BCUT2D eigenvalue weighted by Crippen LogP contribution is 2.49. The molecule has 2 atom stereocenters. The van der Waals surface area contributed by atoms with Crippen molar-refractivity contribution in [2.45, 2.75) is 24.8 Å². The van der Waals surface area contributed by atoms with Gasteiger partial charge in [-0.15, -0.1) is 11.3 Å². The Morgan fingerprint density at radius 3 is 2.34 bits per heavy atom. The molecule has 3 nitrogen and oxygen atoms in total. The summed E-state index contributed by atoms with van der Waals surface area (Å²) in [5.41, 5.74) is 12.9. The summed E-state index contributed by atoms with van der Waals surface area (Å²) in [5, 5.41) is 8.11. The molecule has 0 spiro atoms. The van der Waals surface area contributed by atoms with E-state index in [0.29, 0.717) is 0 Å². The average molecular weight is 658 g/mol. The van der Waals surface area contributed by atoms with Gasteiger partial charge in [-0.05, 0) is 79.1 Å². The number of nitrogens with zero attached hydrogens (tertiary/aromatic N) is 3. The Bertz CT molecular complexity index is 3090. The number of aromatic nitrogens is 3. The van der Waals surface area contributed by atoms with Crippen LogP contribution in [0.15, 0.2) is 146 Å². The number of hydrogen-bond donors (Lipinski definition) is 0. The van der Waals surface area contributed by atoms with Crippen molar-refractivity contribution < 1.29 is 9.13 Å². The van der Waals surface area contributed by atoms with Gasteiger partial charge in [0.2, 0.25) is 23.1 Å². The minimum Gasteiger partial charge on any atom is -0.308 e. The van der Waals surface area contributed by atoms with E-state index in [4.69, 9.17) is 6.58 Å². The Hall–Kier alpha value is -5.84. The Morgan fingerprint density at radius 2 is 1.40 bits per heavy atom. The van der Waals surface area contributed by atoms with Gasteiger partial charge in [0.1, 0.15) is 0 Å². The maximum absolute atomic E-state index is 4.88. The Balaban J connectivity index is 1.19. The predicted octanol–water partition coefficient (Wildman–Crippen LogP) is 10.9. The largest absolute Gasteiger partial charge is 0.308 e. The summed E-state index contributed by atoms with van der Waals surface area (Å²) in [6, 6.07) is 47.8. The van der Waals surface area contributed by atoms with Crippen molar-refractivity contribution in [2.24, 2.45) is 0 Å². The van der Waals surface area contributed by atoms with Crippen LogP contribution in [0.3, 0.4) is 0 Å². The van der Waals surface area contributed by atoms with E-state index in [1.54, 1.807) is 0 Å². The Morgan fingerprint density at radius 1 is 0.620 bits per heavy atom. The molecular weight excluding hydrogens is 627 g/mol. The number of aryl methyl sites for hydroxylation is 1. The molecule has 5 aromatic carbocycles. The van der Waals surface area contributed by atoms with E-state index >= 15 is 0 Å². The van der Waals surface area contributed by atoms with Gasteiger partial charge >= 0.3 is 0 Å². The molecule has 10 aromatic rings. The van der Waals surface area contributed by atoms with Crippen LogP contribution in [0, 0.1) is 0 Å². The second-order valence-electron chi connectivity index (χ2n) is 14.1. The topological polar surface area (TPSA) is 12.2 Å². The third-order valence-electron chi connectivity index (χ3n) is 11.7. The molecule has 12 rings (SSSR count). The van der Waals surface area contributed by atoms with Gasteiger partial charge in [-0.1, -0.05) is 54.6 Å². The van der Waals surface area contributed by atoms with Gasteiger partial charge in [0.05, 0.1) is 28.0 Å². The van der Waals surface area contributed by atoms with E-state index in [0.717, 1.165) is 18.5 Å². The SMILES string of the molecule is C=C1C2C(CCc3cc4c(cc3-c3cccc[n+]31)c1cc3sc5ccccc5c3c3c5ccccc5n4c13)c1ccccc1-c1cccc[n+]12. The molecule has 2 aliphatic heterocycles. The van der Waals surface area contributed by atoms with Gasteiger partial charge in [-0.3, -0.25) is 0 Å². The summed E-state index contributed by atoms with van der Waals surface area (Å²) in [6.07, 6.45) is 6.48. The zero-order valence-electron chi connectivity index (χ0n) is 27.3. The molecule has 0 radical (unpaired) electrons. The summed E-state index contributed by atoms with van der Waals surface area (Å²) in [6.45, 7) is 4.88. The van der Waals surface area contributed by atoms with Crippen molar-refractivity contribution in [1.82, 2.24) is 4.40 Å². The molecule has 4 heteroatoms. The van der Waals surface area contributed by atoms with Gasteiger partial charge in [-0.25, -0.2) is 0 Å². The molecule has 7 heterocycles. The average Bonchev–Trinajstić information content (AvgIpc) is 3.82. The Labute approximate surface area is 292 Å². The molecule has 2 unspecified atom stereocenters. The van der Waals surface area contributed by atoms with Crippen molar-refractivity contribution >= 4 is 75.3 Å². The first-order valence-corrected chi connectivity index (χ1v) is 18.4. The number of hydrogen-bond acceptors (Lipinski definition) is 1. The van der Waals surface area contributed by atoms with E-state index < -0.39 is 0 Å². The van der Waals surface area contributed by atoms with E-state index in [1.807, 2.05) is 11.3 Å². The lowest BCUT2D eigenvalue weighted by molar-refractivity contribution is -0.727. The van der Waals surface area contributed by atoms with Crippen molar-refractivity contribution in [3.05, 3.63) is 157 Å². The fourth-order valence-electron chi connectivity index (χ4n) is 9.72. The van der Waals surface area contributed by atoms with Crippen LogP contribution in [-0.4, -0.2) is 4.40 Å². The van der Waals surface area contributed by atoms with Crippen molar-refractivity contribution in [3.63, 3.8) is 0 Å². The summed E-state index contributed by atoms with van der Waals surface area (Å²) < 4.78 is 10.1. The van der Waals surface area contributed by atoms with Crippen LogP contribution in [0.2, 0.25) is 0 Å². The van der Waals surface area contributed by atoms with Crippen molar-refractivity contribution in [1.29, 1.82) is 0 Å². The van der Waals surface area contributed by atoms with Crippen LogP contribution < -0.4 is 9.13 Å². The summed E-state index contributed by atoms with van der Waals surface area (Å²) in [5.74, 6) is 0.287. The third-order valence-corrected chi connectivity index (χ3v) is 12.9. The van der Waals surface area contributed by atoms with Crippen LogP contribution in [0.4, 0.5) is 0 Å². The van der Waals surface area contributed by atoms with Gasteiger partial charge in [0.15, 0.2) is 12.4 Å². The van der Waals surface area contributed by atoms with Gasteiger partial charge in [0, 0.05) is 71.5 Å². The van der Waals surface area contributed by atoms with Crippen LogP contribution in [0.5, 0.6) is 0 Å². The molecular formula is C46H31N3S+2. The molecule has 0 fully saturated rings. The number of benzene rings is 5. The second-order valence-corrected chi connectivity index (χ2v) is 15.2. The maximum Gasteiger partial charge on any atom is 0.249 e. The smallest absolute Gasteiger partial charge is 0.249 e. The molecule has 0 amide bonds. The van der Waals surface area contributed by atoms with Crippen LogP contribution >= 0.6 is 11.3 Å². The van der Waals surface area contributed by atoms with Crippen molar-refractivity contribution in [3.8, 4) is 22.5 Å². The molecule has 0 aliphatic carbocycles. The zero-order valence-corrected chi connectivity index (χ0v) is 28.1. The van der Waals surface area contributed by atoms with E-state index in [2.05, 4.69) is 153 Å². The number of para-hydroxylation sites is 1. The van der Waals surface area contributed by atoms with Crippen LogP contribution in [-0.2, 0) is 6.42 Å². The molecule has 2 aliphatic rings. The molecule has 0 N–H and O–H groups in total. The van der Waals surface area contributed by atoms with Gasteiger partial charge in [-0.2, -0.15) is 9.13 Å². The summed E-state index contributed by atoms with van der Waals surface area (Å²) in [4.78, 5) is 0. The van der Waals surface area contributed by atoms with Crippen LogP contribution in [0.1, 0.15) is 29.5 Å². The van der Waals surface area contributed by atoms with Gasteiger partial charge < -0.3 is 4.40 Å². The molecule has 50 heavy (non-hydrogen) atoms. The number of allylic oxidation sites excluding steroid dienone is 1. The molecule has 0 saturated carbocycles. The fourth-order valence-corrected chi connectivity index (χ4v) is 10.9. The molecule has 0 saturated heterocycles. The summed E-state index contributed by atoms with van der Waals surface area (Å²) in [7, 11) is 0. The molecule has 5 aromatic heterocycles. The minimum absolute atomic E-state index is 0.100. The number of fused-ring (bicyclic) bond motifs is 19. The lowest BCUT2D eigenvalue weighted by atomic mass is 9.78. The second kappa shape index (κ2) is 9.65. The maximum atomic E-state index is 4.88. The van der Waals surface area contributed by atoms with Gasteiger partial charge in [0.25, 0.3) is 0 Å². The van der Waals surface area contributed by atoms with E-state index in [-0.39, 0.29) is 12.0 Å². The summed E-state index contributed by atoms with van der Waals surface area (Å²) >= 11 is 1.92. The monoisotopic (exact) mass is 657 g/mol. The quantitative estimate of drug-likeness (QED) is 0.144. The van der Waals surface area contributed by atoms with E-state index in [1.165, 1.54) is 91.9 Å². The predicted molar refractivity (Wildman–Crippen MR) is 207 cm³/mol. The first kappa shape index (κ1) is 27.0. The third kappa shape index (κ3) is 3.34. The standard InChI is InChI=1S/C46H31N3S/c1-27-45-31(29-12-2-3-13-30(29)37-16-9-11-23-48(37)45)21-20-28-24-40-35(25-34(28)38-17-8-10-22-47(27)38)36-26-42-43(33-15-5-7-19-41(33)50-42)44-32-14-4-6-18-39(32)49(40)46(36)44/h2-19,22-26,31,45H,1,20-21H2/q+2. The Kier molecular flexibility index (Phi) is 5.22. The van der Waals surface area contributed by atoms with E-state index in [9.17, 15) is 0 Å².